The van der Waals surface area contributed by atoms with Crippen molar-refractivity contribution >= 4 is 39.2 Å². The first-order valence-electron chi connectivity index (χ1n) is 8.98. The van der Waals surface area contributed by atoms with Gasteiger partial charge in [-0.25, -0.2) is 13.2 Å². The van der Waals surface area contributed by atoms with E-state index in [9.17, 15) is 18.0 Å². The molecule has 3 rings (SSSR count). The van der Waals surface area contributed by atoms with Crippen LogP contribution in [0.4, 0.5) is 5.69 Å². The molecule has 0 saturated carbocycles. The first-order valence-corrected chi connectivity index (χ1v) is 10.8. The molecule has 1 aromatic heterocycles. The molecule has 1 atom stereocenters. The lowest BCUT2D eigenvalue weighted by molar-refractivity contribution is -0.119. The summed E-state index contributed by atoms with van der Waals surface area (Å²) in [6, 6.07) is 5.53. The third-order valence-electron chi connectivity index (χ3n) is 4.93. The Balaban J connectivity index is 1.84. The van der Waals surface area contributed by atoms with Gasteiger partial charge in [0.25, 0.3) is 0 Å². The molecule has 1 aliphatic rings. The maximum atomic E-state index is 13.1. The number of carbonyl (C=O) groups is 2. The van der Waals surface area contributed by atoms with Crippen molar-refractivity contribution < 1.29 is 22.7 Å². The summed E-state index contributed by atoms with van der Waals surface area (Å²) in [5.41, 5.74) is 1.49. The Hall–Kier alpha value is -2.36. The van der Waals surface area contributed by atoms with Crippen molar-refractivity contribution in [3.8, 4) is 0 Å². The number of esters is 1. The van der Waals surface area contributed by atoms with Crippen LogP contribution in [-0.4, -0.2) is 48.9 Å². The number of aryl methyl sites for hydroxylation is 2. The Morgan fingerprint density at radius 3 is 2.66 bits per heavy atom. The number of carbonyl (C=O) groups excluding carboxylic acids is 2. The fraction of sp³-hybridized carbons (Fsp3) is 0.368. The van der Waals surface area contributed by atoms with Crippen molar-refractivity contribution in [3.05, 3.63) is 46.7 Å². The van der Waals surface area contributed by atoms with Crippen LogP contribution >= 0.6 is 11.6 Å². The number of anilines is 1. The van der Waals surface area contributed by atoms with Gasteiger partial charge in [0.2, 0.25) is 15.9 Å². The molecule has 10 heteroatoms. The molecule has 2 heterocycles. The Labute approximate surface area is 174 Å². The van der Waals surface area contributed by atoms with E-state index in [1.54, 1.807) is 25.2 Å². The molecule has 0 aliphatic carbocycles. The molecule has 0 unspecified atom stereocenters. The molecule has 1 N–H and O–H groups in total. The monoisotopic (exact) mass is 439 g/mol. The number of hydrogen-bond acceptors (Lipinski definition) is 5. The first-order chi connectivity index (χ1) is 13.6. The van der Waals surface area contributed by atoms with E-state index in [0.717, 1.165) is 5.56 Å². The van der Waals surface area contributed by atoms with Gasteiger partial charge in [0.15, 0.2) is 0 Å². The van der Waals surface area contributed by atoms with Gasteiger partial charge < -0.3 is 14.6 Å². The highest BCUT2D eigenvalue weighted by atomic mass is 35.5. The van der Waals surface area contributed by atoms with E-state index in [2.05, 4.69) is 10.1 Å². The Morgan fingerprint density at radius 1 is 1.28 bits per heavy atom. The lowest BCUT2D eigenvalue weighted by Gasteiger charge is -2.23. The largest absolute Gasteiger partial charge is 0.464 e. The minimum absolute atomic E-state index is 0.0570. The number of ether oxygens (including phenoxy) is 1. The highest BCUT2D eigenvalue weighted by Crippen LogP contribution is 2.28. The summed E-state index contributed by atoms with van der Waals surface area (Å²) in [7, 11) is -1.19. The third-order valence-corrected chi connectivity index (χ3v) is 7.21. The first kappa shape index (κ1) is 21.4. The lowest BCUT2D eigenvalue weighted by Crippen LogP contribution is -2.43. The smallest absolute Gasteiger partial charge is 0.354 e. The molecule has 0 bridgehead atoms. The van der Waals surface area contributed by atoms with Gasteiger partial charge in [-0.2, -0.15) is 4.31 Å². The van der Waals surface area contributed by atoms with Crippen molar-refractivity contribution in [2.24, 2.45) is 7.05 Å². The van der Waals surface area contributed by atoms with E-state index in [4.69, 9.17) is 11.6 Å². The molecule has 1 aliphatic heterocycles. The number of benzene rings is 1. The van der Waals surface area contributed by atoms with Crippen LogP contribution in [0, 0.1) is 6.92 Å². The molecule has 156 valence electrons. The Morgan fingerprint density at radius 2 is 2.00 bits per heavy atom. The lowest BCUT2D eigenvalue weighted by atomic mass is 10.2. The van der Waals surface area contributed by atoms with Crippen LogP contribution in [0.15, 0.2) is 35.4 Å². The van der Waals surface area contributed by atoms with Crippen LogP contribution in [0.2, 0.25) is 5.02 Å². The molecule has 8 nitrogen and oxygen atoms in total. The average molecular weight is 440 g/mol. The van der Waals surface area contributed by atoms with E-state index in [1.165, 1.54) is 28.2 Å². The van der Waals surface area contributed by atoms with Crippen molar-refractivity contribution in [3.63, 3.8) is 0 Å². The summed E-state index contributed by atoms with van der Waals surface area (Å²) in [4.78, 5) is 24.5. The summed E-state index contributed by atoms with van der Waals surface area (Å²) in [6.07, 6.45) is 2.30. The van der Waals surface area contributed by atoms with Gasteiger partial charge >= 0.3 is 5.97 Å². The minimum Gasteiger partial charge on any atom is -0.464 e. The highest BCUT2D eigenvalue weighted by Gasteiger charge is 2.40. The van der Waals surface area contributed by atoms with Crippen LogP contribution in [0.3, 0.4) is 0 Å². The van der Waals surface area contributed by atoms with Gasteiger partial charge in [-0.15, -0.1) is 0 Å². The summed E-state index contributed by atoms with van der Waals surface area (Å²) in [5, 5.41) is 3.25. The van der Waals surface area contributed by atoms with E-state index in [0.29, 0.717) is 23.6 Å². The molecule has 1 fully saturated rings. The van der Waals surface area contributed by atoms with E-state index < -0.39 is 27.9 Å². The number of nitrogens with one attached hydrogen (secondary N) is 1. The number of rotatable bonds is 5. The minimum atomic E-state index is -3.97. The highest BCUT2D eigenvalue weighted by molar-refractivity contribution is 7.89. The van der Waals surface area contributed by atoms with E-state index in [-0.39, 0.29) is 17.1 Å². The van der Waals surface area contributed by atoms with Crippen LogP contribution in [0.25, 0.3) is 0 Å². The number of nitrogens with zero attached hydrogens (tertiary/aromatic N) is 2. The molecule has 29 heavy (non-hydrogen) atoms. The van der Waals surface area contributed by atoms with Gasteiger partial charge in [-0.05, 0) is 43.5 Å². The predicted molar refractivity (Wildman–Crippen MR) is 108 cm³/mol. The SMILES string of the molecule is COC(=O)c1cc(S(=O)(=O)N2CCC[C@@H]2C(=O)Nc2ccc(C)c(Cl)c2)cn1C. The zero-order valence-corrected chi connectivity index (χ0v) is 17.9. The second-order valence-electron chi connectivity index (χ2n) is 6.89. The van der Waals surface area contributed by atoms with Crippen molar-refractivity contribution in [2.45, 2.75) is 30.7 Å². The zero-order valence-electron chi connectivity index (χ0n) is 16.3. The normalized spacial score (nSPS) is 17.3. The van der Waals surface area contributed by atoms with Gasteiger partial charge in [0.05, 0.1) is 7.11 Å². The molecule has 2 aromatic rings. The number of hydrogen-bond donors (Lipinski definition) is 1. The maximum absolute atomic E-state index is 13.1. The fourth-order valence-electron chi connectivity index (χ4n) is 3.30. The summed E-state index contributed by atoms with van der Waals surface area (Å²) in [6.45, 7) is 2.07. The van der Waals surface area contributed by atoms with Crippen molar-refractivity contribution in [1.29, 1.82) is 0 Å². The number of aromatic nitrogens is 1. The summed E-state index contributed by atoms with van der Waals surface area (Å²) in [5.74, 6) is -1.06. The fourth-order valence-corrected chi connectivity index (χ4v) is 5.21. The van der Waals surface area contributed by atoms with E-state index >= 15 is 0 Å². The van der Waals surface area contributed by atoms with E-state index in [1.807, 2.05) is 6.92 Å². The number of amides is 1. The number of methoxy groups -OCH3 is 1. The number of sulfonamides is 1. The molecule has 0 spiro atoms. The van der Waals surface area contributed by atoms with Crippen molar-refractivity contribution in [1.82, 2.24) is 8.87 Å². The molecule has 1 amide bonds. The topological polar surface area (TPSA) is 97.7 Å². The van der Waals surface area contributed by atoms with Crippen LogP contribution < -0.4 is 5.32 Å². The van der Waals surface area contributed by atoms with Gasteiger partial charge in [0, 0.05) is 30.5 Å². The maximum Gasteiger partial charge on any atom is 0.354 e. The van der Waals surface area contributed by atoms with Crippen molar-refractivity contribution in [2.75, 3.05) is 19.0 Å². The molecule has 0 radical (unpaired) electrons. The summed E-state index contributed by atoms with van der Waals surface area (Å²) < 4.78 is 33.5. The quantitative estimate of drug-likeness (QED) is 0.722. The van der Waals surface area contributed by atoms with Gasteiger partial charge in [0.1, 0.15) is 16.6 Å². The van der Waals surface area contributed by atoms with Gasteiger partial charge in [-0.1, -0.05) is 17.7 Å². The molecular formula is C19H22ClN3O5S. The Kier molecular flexibility index (Phi) is 6.02. The van der Waals surface area contributed by atoms with Crippen LogP contribution in [0.1, 0.15) is 28.9 Å². The van der Waals surface area contributed by atoms with Gasteiger partial charge in [-0.3, -0.25) is 4.79 Å². The third kappa shape index (κ3) is 4.17. The standard InChI is InChI=1S/C19H22ClN3O5S/c1-12-6-7-13(9-15(12)20)21-18(24)16-5-4-8-23(16)29(26,27)14-10-17(19(25)28-3)22(2)11-14/h6-7,9-11,16H,4-5,8H2,1-3H3,(H,21,24)/t16-/m1/s1. The molecule has 1 aromatic carbocycles. The molecule has 1 saturated heterocycles. The average Bonchev–Trinajstić information content (AvgIpc) is 3.32. The molecular weight excluding hydrogens is 418 g/mol. The van der Waals surface area contributed by atoms with Crippen LogP contribution in [-0.2, 0) is 26.6 Å². The number of halogens is 1. The summed E-state index contributed by atoms with van der Waals surface area (Å²) >= 11 is 6.10. The zero-order chi connectivity index (χ0) is 21.3. The van der Waals surface area contributed by atoms with Crippen LogP contribution in [0.5, 0.6) is 0 Å². The second kappa shape index (κ2) is 8.17. The predicted octanol–water partition coefficient (Wildman–Crippen LogP) is 2.57. The Bertz CT molecular complexity index is 1060. The second-order valence-corrected chi connectivity index (χ2v) is 9.19.